The number of methoxy groups -OCH3 is 1. The Morgan fingerprint density at radius 3 is 2.60 bits per heavy atom. The van der Waals surface area contributed by atoms with Gasteiger partial charge in [0.1, 0.15) is 5.75 Å². The van der Waals surface area contributed by atoms with Crippen molar-refractivity contribution in [2.45, 2.75) is 18.3 Å². The number of hydrogen-bond donors (Lipinski definition) is 1. The summed E-state index contributed by atoms with van der Waals surface area (Å²) in [5.74, 6) is 0.446. The second-order valence-electron chi connectivity index (χ2n) is 6.29. The van der Waals surface area contributed by atoms with E-state index in [9.17, 15) is 4.79 Å². The third-order valence-electron chi connectivity index (χ3n) is 4.83. The molecule has 1 N–H and O–H groups in total. The highest BCUT2D eigenvalue weighted by atomic mass is 79.9. The summed E-state index contributed by atoms with van der Waals surface area (Å²) < 4.78 is 11.7. The minimum Gasteiger partial charge on any atom is -0.496 e. The van der Waals surface area contributed by atoms with Crippen molar-refractivity contribution in [2.75, 3.05) is 26.9 Å². The van der Waals surface area contributed by atoms with Gasteiger partial charge in [-0.2, -0.15) is 0 Å². The van der Waals surface area contributed by atoms with Crippen LogP contribution in [0.3, 0.4) is 0 Å². The lowest BCUT2D eigenvalue weighted by Gasteiger charge is -2.38. The standard InChI is InChI=1S/C20H22BrNO3/c1-24-18-8-7-16(21)13-17(18)19(23)22-14-20(9-11-25-12-10-20)15-5-3-2-4-6-15/h2-8,13H,9-12,14H2,1H3,(H,22,23). The van der Waals surface area contributed by atoms with Gasteiger partial charge < -0.3 is 14.8 Å². The Labute approximate surface area is 156 Å². The fourth-order valence-corrected chi connectivity index (χ4v) is 3.68. The Morgan fingerprint density at radius 2 is 1.92 bits per heavy atom. The Balaban J connectivity index is 1.80. The van der Waals surface area contributed by atoms with Crippen LogP contribution in [0, 0.1) is 0 Å². The Hall–Kier alpha value is -1.85. The molecule has 0 radical (unpaired) electrons. The summed E-state index contributed by atoms with van der Waals surface area (Å²) >= 11 is 3.42. The molecule has 2 aromatic rings. The summed E-state index contributed by atoms with van der Waals surface area (Å²) in [5, 5.41) is 3.11. The van der Waals surface area contributed by atoms with Crippen LogP contribution in [0.15, 0.2) is 53.0 Å². The molecule has 0 saturated carbocycles. The minimum absolute atomic E-state index is 0.0889. The molecule has 1 aliphatic heterocycles. The quantitative estimate of drug-likeness (QED) is 0.822. The molecule has 0 aliphatic carbocycles. The van der Waals surface area contributed by atoms with Gasteiger partial charge in [0.15, 0.2) is 0 Å². The molecule has 1 aliphatic rings. The van der Waals surface area contributed by atoms with Gasteiger partial charge in [-0.05, 0) is 36.6 Å². The van der Waals surface area contributed by atoms with Crippen molar-refractivity contribution < 1.29 is 14.3 Å². The highest BCUT2D eigenvalue weighted by Crippen LogP contribution is 2.34. The van der Waals surface area contributed by atoms with Gasteiger partial charge in [-0.25, -0.2) is 0 Å². The molecule has 2 aromatic carbocycles. The number of ether oxygens (including phenoxy) is 2. The van der Waals surface area contributed by atoms with Crippen molar-refractivity contribution in [3.05, 3.63) is 64.1 Å². The number of rotatable bonds is 5. The monoisotopic (exact) mass is 403 g/mol. The van der Waals surface area contributed by atoms with Crippen LogP contribution < -0.4 is 10.1 Å². The summed E-state index contributed by atoms with van der Waals surface area (Å²) in [5.41, 5.74) is 1.70. The van der Waals surface area contributed by atoms with E-state index in [-0.39, 0.29) is 11.3 Å². The molecule has 1 fully saturated rings. The first-order valence-corrected chi connectivity index (χ1v) is 9.19. The smallest absolute Gasteiger partial charge is 0.255 e. The molecule has 1 amide bonds. The lowest BCUT2D eigenvalue weighted by Crippen LogP contribution is -2.44. The number of nitrogens with one attached hydrogen (secondary N) is 1. The number of amides is 1. The van der Waals surface area contributed by atoms with Gasteiger partial charge in [0.05, 0.1) is 12.7 Å². The van der Waals surface area contributed by atoms with E-state index in [1.807, 2.05) is 24.3 Å². The summed E-state index contributed by atoms with van der Waals surface area (Å²) in [7, 11) is 1.57. The van der Waals surface area contributed by atoms with Gasteiger partial charge in [-0.1, -0.05) is 46.3 Å². The van der Waals surface area contributed by atoms with E-state index < -0.39 is 0 Å². The van der Waals surface area contributed by atoms with E-state index in [0.29, 0.717) is 31.1 Å². The van der Waals surface area contributed by atoms with E-state index >= 15 is 0 Å². The van der Waals surface area contributed by atoms with Crippen LogP contribution in [0.4, 0.5) is 0 Å². The second-order valence-corrected chi connectivity index (χ2v) is 7.20. The maximum absolute atomic E-state index is 12.7. The van der Waals surface area contributed by atoms with Crippen molar-refractivity contribution in [3.8, 4) is 5.75 Å². The normalized spacial score (nSPS) is 16.2. The Morgan fingerprint density at radius 1 is 1.20 bits per heavy atom. The van der Waals surface area contributed by atoms with E-state index in [2.05, 4.69) is 33.4 Å². The number of halogens is 1. The first-order valence-electron chi connectivity index (χ1n) is 8.40. The highest BCUT2D eigenvalue weighted by molar-refractivity contribution is 9.10. The average molecular weight is 404 g/mol. The van der Waals surface area contributed by atoms with Gasteiger partial charge >= 0.3 is 0 Å². The average Bonchev–Trinajstić information content (AvgIpc) is 2.67. The zero-order valence-corrected chi connectivity index (χ0v) is 15.8. The topological polar surface area (TPSA) is 47.6 Å². The van der Waals surface area contributed by atoms with Crippen LogP contribution in [-0.4, -0.2) is 32.8 Å². The van der Waals surface area contributed by atoms with Crippen molar-refractivity contribution in [1.82, 2.24) is 5.32 Å². The van der Waals surface area contributed by atoms with E-state index in [1.165, 1.54) is 5.56 Å². The fraction of sp³-hybridized carbons (Fsp3) is 0.350. The molecule has 0 bridgehead atoms. The van der Waals surface area contributed by atoms with Crippen LogP contribution >= 0.6 is 15.9 Å². The van der Waals surface area contributed by atoms with Crippen LogP contribution in [0.1, 0.15) is 28.8 Å². The molecule has 1 heterocycles. The lowest BCUT2D eigenvalue weighted by atomic mass is 9.74. The number of carbonyl (C=O) groups excluding carboxylic acids is 1. The molecule has 4 nitrogen and oxygen atoms in total. The van der Waals surface area contributed by atoms with Gasteiger partial charge in [0.25, 0.3) is 5.91 Å². The third kappa shape index (κ3) is 4.05. The number of hydrogen-bond acceptors (Lipinski definition) is 3. The van der Waals surface area contributed by atoms with Crippen LogP contribution in [0.2, 0.25) is 0 Å². The van der Waals surface area contributed by atoms with Crippen molar-refractivity contribution in [3.63, 3.8) is 0 Å². The first-order chi connectivity index (χ1) is 12.1. The Kier molecular flexibility index (Phi) is 5.76. The maximum Gasteiger partial charge on any atom is 0.255 e. The predicted octanol–water partition coefficient (Wildman–Crippen LogP) is 3.94. The predicted molar refractivity (Wildman–Crippen MR) is 101 cm³/mol. The summed E-state index contributed by atoms with van der Waals surface area (Å²) in [6, 6.07) is 15.8. The molecule has 1 saturated heterocycles. The summed E-state index contributed by atoms with van der Waals surface area (Å²) in [4.78, 5) is 12.7. The highest BCUT2D eigenvalue weighted by Gasteiger charge is 2.35. The molecule has 25 heavy (non-hydrogen) atoms. The van der Waals surface area contributed by atoms with E-state index in [1.54, 1.807) is 19.2 Å². The maximum atomic E-state index is 12.7. The zero-order valence-electron chi connectivity index (χ0n) is 14.3. The van der Waals surface area contributed by atoms with Crippen molar-refractivity contribution in [2.24, 2.45) is 0 Å². The van der Waals surface area contributed by atoms with Crippen LogP contribution in [-0.2, 0) is 10.2 Å². The van der Waals surface area contributed by atoms with Gasteiger partial charge in [0, 0.05) is 29.6 Å². The molecule has 3 rings (SSSR count). The summed E-state index contributed by atoms with van der Waals surface area (Å²) in [6.45, 7) is 2.00. The van der Waals surface area contributed by atoms with Crippen molar-refractivity contribution in [1.29, 1.82) is 0 Å². The fourth-order valence-electron chi connectivity index (χ4n) is 3.32. The van der Waals surface area contributed by atoms with Crippen molar-refractivity contribution >= 4 is 21.8 Å². The largest absolute Gasteiger partial charge is 0.496 e. The molecular formula is C20H22BrNO3. The van der Waals surface area contributed by atoms with E-state index in [0.717, 1.165) is 17.3 Å². The third-order valence-corrected chi connectivity index (χ3v) is 5.32. The molecule has 0 unspecified atom stereocenters. The number of benzene rings is 2. The zero-order chi connectivity index (χ0) is 17.7. The Bertz CT molecular complexity index is 727. The first kappa shape index (κ1) is 18.0. The van der Waals surface area contributed by atoms with Crippen LogP contribution in [0.25, 0.3) is 0 Å². The molecule has 0 spiro atoms. The molecule has 132 valence electrons. The minimum atomic E-state index is -0.125. The number of carbonyl (C=O) groups is 1. The molecular weight excluding hydrogens is 382 g/mol. The van der Waals surface area contributed by atoms with Gasteiger partial charge in [-0.3, -0.25) is 4.79 Å². The van der Waals surface area contributed by atoms with Gasteiger partial charge in [-0.15, -0.1) is 0 Å². The van der Waals surface area contributed by atoms with Gasteiger partial charge in [0.2, 0.25) is 0 Å². The van der Waals surface area contributed by atoms with Crippen LogP contribution in [0.5, 0.6) is 5.75 Å². The molecule has 0 aromatic heterocycles. The molecule has 0 atom stereocenters. The SMILES string of the molecule is COc1ccc(Br)cc1C(=O)NCC1(c2ccccc2)CCOCC1. The van der Waals surface area contributed by atoms with E-state index in [4.69, 9.17) is 9.47 Å². The lowest BCUT2D eigenvalue weighted by molar-refractivity contribution is 0.0487. The second kappa shape index (κ2) is 8.02. The summed E-state index contributed by atoms with van der Waals surface area (Å²) in [6.07, 6.45) is 1.79. The molecule has 5 heteroatoms.